The first-order chi connectivity index (χ1) is 18.8. The molecule has 0 radical (unpaired) electrons. The lowest BCUT2D eigenvalue weighted by Gasteiger charge is -2.13. The van der Waals surface area contributed by atoms with Gasteiger partial charge in [0.2, 0.25) is 5.91 Å². The summed E-state index contributed by atoms with van der Waals surface area (Å²) in [5, 5.41) is 4.33. The molecule has 4 aromatic carbocycles. The van der Waals surface area contributed by atoms with E-state index in [4.69, 9.17) is 4.74 Å². The van der Waals surface area contributed by atoms with Crippen LogP contribution in [0.2, 0.25) is 0 Å². The highest BCUT2D eigenvalue weighted by atomic mass is 127. The van der Waals surface area contributed by atoms with Crippen LogP contribution in [0.5, 0.6) is 5.75 Å². The zero-order valence-corrected chi connectivity index (χ0v) is 25.3. The Morgan fingerprint density at radius 1 is 0.974 bits per heavy atom. The minimum Gasteiger partial charge on any atom is -0.487 e. The number of anilines is 1. The van der Waals surface area contributed by atoms with E-state index < -0.39 is 29.4 Å². The van der Waals surface area contributed by atoms with E-state index in [1.165, 1.54) is 24.3 Å². The van der Waals surface area contributed by atoms with Gasteiger partial charge < -0.3 is 10.1 Å². The third-order valence-corrected chi connectivity index (χ3v) is 8.38. The molecule has 1 aliphatic rings. The maximum Gasteiger partial charge on any atom is 0.294 e. The van der Waals surface area contributed by atoms with Crippen molar-refractivity contribution in [3.8, 4) is 5.75 Å². The van der Waals surface area contributed by atoms with Gasteiger partial charge in [0.25, 0.3) is 11.1 Å². The Bertz CT molecular complexity index is 1610. The topological polar surface area (TPSA) is 75.7 Å². The Morgan fingerprint density at radius 3 is 2.41 bits per heavy atom. The molecule has 0 aromatic heterocycles. The van der Waals surface area contributed by atoms with Crippen molar-refractivity contribution in [1.82, 2.24) is 4.90 Å². The van der Waals surface area contributed by atoms with Crippen LogP contribution in [0.25, 0.3) is 16.8 Å². The molecule has 0 atom stereocenters. The summed E-state index contributed by atoms with van der Waals surface area (Å²) in [7, 11) is 0. The molecular formula is C29H19FI2N2O4S. The predicted molar refractivity (Wildman–Crippen MR) is 168 cm³/mol. The number of amides is 3. The smallest absolute Gasteiger partial charge is 0.294 e. The minimum atomic E-state index is -0.554. The molecule has 0 bridgehead atoms. The van der Waals surface area contributed by atoms with Gasteiger partial charge in [-0.15, -0.1) is 0 Å². The normalized spacial score (nSPS) is 14.3. The Kier molecular flexibility index (Phi) is 8.52. The molecule has 0 unspecified atom stereocenters. The highest BCUT2D eigenvalue weighted by molar-refractivity contribution is 14.1. The maximum atomic E-state index is 13.1. The van der Waals surface area contributed by atoms with Crippen molar-refractivity contribution < 1.29 is 23.5 Å². The van der Waals surface area contributed by atoms with Gasteiger partial charge in [0.05, 0.1) is 12.0 Å². The number of thioether (sulfide) groups is 1. The summed E-state index contributed by atoms with van der Waals surface area (Å²) in [4.78, 5) is 38.9. The van der Waals surface area contributed by atoms with Crippen molar-refractivity contribution in [2.45, 2.75) is 6.61 Å². The highest BCUT2D eigenvalue weighted by Crippen LogP contribution is 2.35. The van der Waals surface area contributed by atoms with Crippen LogP contribution >= 0.6 is 56.9 Å². The number of carbonyl (C=O) groups is 3. The first-order valence-corrected chi connectivity index (χ1v) is 14.6. The van der Waals surface area contributed by atoms with Crippen molar-refractivity contribution in [3.63, 3.8) is 0 Å². The average Bonchev–Trinajstić information content (AvgIpc) is 3.16. The molecule has 6 nitrogen and oxygen atoms in total. The molecule has 1 saturated heterocycles. The van der Waals surface area contributed by atoms with Gasteiger partial charge in [-0.2, -0.15) is 0 Å². The summed E-state index contributed by atoms with van der Waals surface area (Å²) in [6, 6.07) is 23.3. The molecule has 0 spiro atoms. The Hall–Kier alpha value is -2.97. The van der Waals surface area contributed by atoms with Gasteiger partial charge in [0.15, 0.2) is 0 Å². The Balaban J connectivity index is 1.27. The van der Waals surface area contributed by atoms with Gasteiger partial charge in [0, 0.05) is 5.69 Å². The first kappa shape index (κ1) is 27.6. The number of benzene rings is 4. The monoisotopic (exact) mass is 764 g/mol. The number of fused-ring (bicyclic) bond motifs is 1. The fourth-order valence-corrected chi connectivity index (χ4v) is 7.00. The number of nitrogens with zero attached hydrogens (tertiary/aromatic N) is 1. The van der Waals surface area contributed by atoms with Gasteiger partial charge in [-0.1, -0.05) is 42.5 Å². The molecule has 4 aromatic rings. The Morgan fingerprint density at radius 2 is 1.67 bits per heavy atom. The van der Waals surface area contributed by atoms with E-state index in [2.05, 4.69) is 68.7 Å². The van der Waals surface area contributed by atoms with Crippen LogP contribution in [0.4, 0.5) is 14.9 Å². The number of hydrogen-bond donors (Lipinski definition) is 1. The van der Waals surface area contributed by atoms with Crippen LogP contribution in [0.1, 0.15) is 11.1 Å². The molecule has 5 rings (SSSR count). The molecule has 0 saturated carbocycles. The second-order valence-corrected chi connectivity index (χ2v) is 11.9. The van der Waals surface area contributed by atoms with Crippen LogP contribution in [0.15, 0.2) is 83.8 Å². The largest absolute Gasteiger partial charge is 0.487 e. The molecule has 39 heavy (non-hydrogen) atoms. The van der Waals surface area contributed by atoms with E-state index in [0.717, 1.165) is 51.5 Å². The highest BCUT2D eigenvalue weighted by Gasteiger charge is 2.36. The predicted octanol–water partition coefficient (Wildman–Crippen LogP) is 7.44. The van der Waals surface area contributed by atoms with E-state index in [-0.39, 0.29) is 4.91 Å². The summed E-state index contributed by atoms with van der Waals surface area (Å²) in [5.74, 6) is -0.785. The zero-order valence-electron chi connectivity index (χ0n) is 20.1. The lowest BCUT2D eigenvalue weighted by Crippen LogP contribution is -2.36. The van der Waals surface area contributed by atoms with E-state index in [1.807, 2.05) is 36.4 Å². The summed E-state index contributed by atoms with van der Waals surface area (Å²) in [5.41, 5.74) is 2.19. The number of carbonyl (C=O) groups excluding carboxylic acids is 3. The van der Waals surface area contributed by atoms with Crippen LogP contribution in [0, 0.1) is 13.0 Å². The molecule has 0 aliphatic carbocycles. The summed E-state index contributed by atoms with van der Waals surface area (Å²) in [6.07, 6.45) is 1.64. The quantitative estimate of drug-likeness (QED) is 0.157. The number of hydrogen-bond acceptors (Lipinski definition) is 5. The van der Waals surface area contributed by atoms with Gasteiger partial charge in [0.1, 0.15) is 24.7 Å². The second-order valence-electron chi connectivity index (χ2n) is 8.56. The van der Waals surface area contributed by atoms with Crippen LogP contribution in [-0.4, -0.2) is 28.5 Å². The third-order valence-electron chi connectivity index (χ3n) is 5.87. The number of imide groups is 1. The van der Waals surface area contributed by atoms with E-state index in [0.29, 0.717) is 12.3 Å². The summed E-state index contributed by atoms with van der Waals surface area (Å²) < 4.78 is 21.0. The standard InChI is InChI=1S/C29H19FI2N2O4S/c30-20-8-10-21(11-9-20)33-26(35)15-34-28(36)25(39-29(34)37)14-17-12-23(31)27(24(32)13-17)38-16-19-6-3-5-18-4-1-2-7-22(18)19/h1-14H,15-16H2,(H,33,35)/b25-14-. The second kappa shape index (κ2) is 12.0. The fraction of sp³-hybridized carbons (Fsp3) is 0.0690. The lowest BCUT2D eigenvalue weighted by atomic mass is 10.1. The molecule has 1 heterocycles. The molecule has 1 N–H and O–H groups in total. The molecule has 10 heteroatoms. The van der Waals surface area contributed by atoms with Crippen LogP contribution in [0.3, 0.4) is 0 Å². The van der Waals surface area contributed by atoms with Gasteiger partial charge in [-0.3, -0.25) is 19.3 Å². The zero-order chi connectivity index (χ0) is 27.5. The average molecular weight is 764 g/mol. The van der Waals surface area contributed by atoms with Crippen molar-refractivity contribution in [2.75, 3.05) is 11.9 Å². The summed E-state index contributed by atoms with van der Waals surface area (Å²) >= 11 is 5.18. The maximum absolute atomic E-state index is 13.1. The molecule has 1 fully saturated rings. The lowest BCUT2D eigenvalue weighted by molar-refractivity contribution is -0.127. The van der Waals surface area contributed by atoms with Crippen molar-refractivity contribution in [3.05, 3.63) is 108 Å². The number of halogens is 3. The van der Waals surface area contributed by atoms with E-state index in [1.54, 1.807) is 6.08 Å². The van der Waals surface area contributed by atoms with E-state index >= 15 is 0 Å². The number of rotatable bonds is 7. The van der Waals surface area contributed by atoms with Crippen LogP contribution < -0.4 is 10.1 Å². The minimum absolute atomic E-state index is 0.227. The molecule has 1 aliphatic heterocycles. The van der Waals surface area contributed by atoms with E-state index in [9.17, 15) is 18.8 Å². The molecule has 3 amide bonds. The number of nitrogens with one attached hydrogen (secondary N) is 1. The van der Waals surface area contributed by atoms with Gasteiger partial charge >= 0.3 is 0 Å². The van der Waals surface area contributed by atoms with Crippen molar-refractivity contribution in [2.24, 2.45) is 0 Å². The third kappa shape index (κ3) is 6.44. The fourth-order valence-electron chi connectivity index (χ4n) is 4.03. The summed E-state index contributed by atoms with van der Waals surface area (Å²) in [6.45, 7) is -0.0268. The molecule has 196 valence electrons. The SMILES string of the molecule is O=C(CN1C(=O)S/C(=C\c2cc(I)c(OCc3cccc4ccccc34)c(I)c2)C1=O)Nc1ccc(F)cc1. The van der Waals surface area contributed by atoms with Gasteiger partial charge in [-0.25, -0.2) is 4.39 Å². The van der Waals surface area contributed by atoms with Crippen molar-refractivity contribution >= 4 is 96.5 Å². The number of ether oxygens (including phenoxy) is 1. The van der Waals surface area contributed by atoms with Crippen molar-refractivity contribution in [1.29, 1.82) is 0 Å². The van der Waals surface area contributed by atoms with Gasteiger partial charge in [-0.05, 0) is 121 Å². The first-order valence-electron chi connectivity index (χ1n) is 11.7. The molecular weight excluding hydrogens is 745 g/mol. The Labute approximate surface area is 255 Å². The van der Waals surface area contributed by atoms with Crippen LogP contribution in [-0.2, 0) is 16.2 Å².